The van der Waals surface area contributed by atoms with Gasteiger partial charge in [-0.25, -0.2) is 17.2 Å². The lowest BCUT2D eigenvalue weighted by Crippen LogP contribution is -2.39. The van der Waals surface area contributed by atoms with Crippen molar-refractivity contribution in [2.45, 2.75) is 13.0 Å². The number of halogens is 2. The van der Waals surface area contributed by atoms with Crippen LogP contribution in [-0.4, -0.2) is 38.1 Å². The Hall–Kier alpha value is -3.44. The molecule has 1 saturated heterocycles. The molecule has 0 bridgehead atoms. The molecule has 0 amide bonds. The molecule has 2 heterocycles. The molecule has 0 unspecified atom stereocenters. The van der Waals surface area contributed by atoms with Crippen molar-refractivity contribution in [3.8, 4) is 28.4 Å². The predicted molar refractivity (Wildman–Crippen MR) is 122 cm³/mol. The summed E-state index contributed by atoms with van der Waals surface area (Å²) in [5.41, 5.74) is 0.638. The summed E-state index contributed by atoms with van der Waals surface area (Å²) in [5.74, 6) is -1.67. The van der Waals surface area contributed by atoms with E-state index in [1.54, 1.807) is 7.05 Å². The lowest BCUT2D eigenvalue weighted by Gasteiger charge is -2.28. The van der Waals surface area contributed by atoms with E-state index in [2.05, 4.69) is 4.72 Å². The van der Waals surface area contributed by atoms with Crippen LogP contribution in [0.4, 0.5) is 14.5 Å². The van der Waals surface area contributed by atoms with Crippen molar-refractivity contribution in [2.75, 3.05) is 23.7 Å². The highest BCUT2D eigenvalue weighted by Crippen LogP contribution is 2.40. The standard InChI is InChI=1S/C23H22F2N2O6S/c1-3-34(29,30)26-15-5-7-20(33-21-6-4-14(24)8-19(21)25)17(9-15)18-11-27(2)23(28)10-22(18)32-16-12-31-13-16/h4-11,16,26H,3,12-13H2,1-2H3. The maximum atomic E-state index is 14.3. The van der Waals surface area contributed by atoms with Gasteiger partial charge in [0.1, 0.15) is 23.4 Å². The highest BCUT2D eigenvalue weighted by atomic mass is 32.2. The Morgan fingerprint density at radius 3 is 2.44 bits per heavy atom. The van der Waals surface area contributed by atoms with Crippen molar-refractivity contribution >= 4 is 15.7 Å². The number of aromatic nitrogens is 1. The average molecular weight is 493 g/mol. The van der Waals surface area contributed by atoms with Gasteiger partial charge in [-0.15, -0.1) is 0 Å². The van der Waals surface area contributed by atoms with Crippen LogP contribution in [0, 0.1) is 11.6 Å². The highest BCUT2D eigenvalue weighted by Gasteiger charge is 2.24. The van der Waals surface area contributed by atoms with Crippen LogP contribution in [0.2, 0.25) is 0 Å². The third kappa shape index (κ3) is 5.20. The number of ether oxygens (including phenoxy) is 3. The summed E-state index contributed by atoms with van der Waals surface area (Å²) < 4.78 is 72.5. The Morgan fingerprint density at radius 2 is 1.79 bits per heavy atom. The fourth-order valence-corrected chi connectivity index (χ4v) is 3.83. The third-order valence-corrected chi connectivity index (χ3v) is 6.44. The number of sulfonamides is 1. The fourth-order valence-electron chi connectivity index (χ4n) is 3.20. The van der Waals surface area contributed by atoms with E-state index in [0.29, 0.717) is 30.4 Å². The summed E-state index contributed by atoms with van der Waals surface area (Å²) in [4.78, 5) is 12.3. The first-order chi connectivity index (χ1) is 16.1. The molecule has 2 aromatic carbocycles. The summed E-state index contributed by atoms with van der Waals surface area (Å²) in [7, 11) is -2.04. The Kier molecular flexibility index (Phi) is 6.58. The molecule has 0 aliphatic carbocycles. The molecule has 0 spiro atoms. The zero-order valence-electron chi connectivity index (χ0n) is 18.4. The van der Waals surface area contributed by atoms with Crippen LogP contribution in [-0.2, 0) is 21.8 Å². The van der Waals surface area contributed by atoms with Crippen LogP contribution in [0.1, 0.15) is 6.92 Å². The van der Waals surface area contributed by atoms with Gasteiger partial charge in [-0.2, -0.15) is 0 Å². The maximum absolute atomic E-state index is 14.3. The zero-order chi connectivity index (χ0) is 24.5. The summed E-state index contributed by atoms with van der Waals surface area (Å²) in [6.07, 6.45) is 1.25. The molecule has 8 nitrogen and oxygen atoms in total. The molecule has 0 radical (unpaired) electrons. The Bertz CT molecular complexity index is 1390. The average Bonchev–Trinajstić information content (AvgIpc) is 2.75. The number of aryl methyl sites for hydroxylation is 1. The number of pyridine rings is 1. The van der Waals surface area contributed by atoms with E-state index in [9.17, 15) is 22.0 Å². The first-order valence-corrected chi connectivity index (χ1v) is 12.0. The van der Waals surface area contributed by atoms with E-state index < -0.39 is 21.7 Å². The molecule has 3 aromatic rings. The normalized spacial score (nSPS) is 13.9. The van der Waals surface area contributed by atoms with Gasteiger partial charge in [0.25, 0.3) is 5.56 Å². The quantitative estimate of drug-likeness (QED) is 0.516. The molecule has 1 N–H and O–H groups in total. The minimum Gasteiger partial charge on any atom is -0.485 e. The molecule has 11 heteroatoms. The van der Waals surface area contributed by atoms with Crippen molar-refractivity contribution in [1.82, 2.24) is 4.57 Å². The second-order valence-corrected chi connectivity index (χ2v) is 9.68. The summed E-state index contributed by atoms with van der Waals surface area (Å²) >= 11 is 0. The van der Waals surface area contributed by atoms with Crippen LogP contribution in [0.5, 0.6) is 17.2 Å². The predicted octanol–water partition coefficient (Wildman–Crippen LogP) is 3.66. The van der Waals surface area contributed by atoms with E-state index in [1.807, 2.05) is 0 Å². The summed E-state index contributed by atoms with van der Waals surface area (Å²) in [6, 6.07) is 8.59. The van der Waals surface area contributed by atoms with E-state index in [1.165, 1.54) is 42.0 Å². The van der Waals surface area contributed by atoms with Gasteiger partial charge in [-0.3, -0.25) is 9.52 Å². The van der Waals surface area contributed by atoms with Crippen LogP contribution < -0.4 is 19.8 Å². The fraction of sp³-hybridized carbons (Fsp3) is 0.261. The first-order valence-electron chi connectivity index (χ1n) is 10.4. The molecule has 1 aliphatic heterocycles. The smallest absolute Gasteiger partial charge is 0.254 e. The second-order valence-electron chi connectivity index (χ2n) is 7.67. The van der Waals surface area contributed by atoms with Crippen LogP contribution in [0.25, 0.3) is 11.1 Å². The second kappa shape index (κ2) is 9.43. The number of benzene rings is 2. The van der Waals surface area contributed by atoms with Gasteiger partial charge in [0.15, 0.2) is 11.6 Å². The van der Waals surface area contributed by atoms with Crippen molar-refractivity contribution in [2.24, 2.45) is 7.05 Å². The van der Waals surface area contributed by atoms with Gasteiger partial charge < -0.3 is 18.8 Å². The van der Waals surface area contributed by atoms with Gasteiger partial charge in [0, 0.05) is 42.2 Å². The van der Waals surface area contributed by atoms with Gasteiger partial charge in [0.2, 0.25) is 10.0 Å². The molecular formula is C23H22F2N2O6S. The lowest BCUT2D eigenvalue weighted by atomic mass is 10.0. The molecule has 4 rings (SSSR count). The molecular weight excluding hydrogens is 470 g/mol. The molecule has 34 heavy (non-hydrogen) atoms. The molecule has 1 fully saturated rings. The number of nitrogens with zero attached hydrogens (tertiary/aromatic N) is 1. The number of rotatable bonds is 8. The minimum absolute atomic E-state index is 0.137. The topological polar surface area (TPSA) is 95.9 Å². The Morgan fingerprint density at radius 1 is 1.06 bits per heavy atom. The van der Waals surface area contributed by atoms with Crippen molar-refractivity contribution < 1.29 is 31.4 Å². The van der Waals surface area contributed by atoms with E-state index in [-0.39, 0.29) is 40.4 Å². The van der Waals surface area contributed by atoms with Gasteiger partial charge in [-0.1, -0.05) is 0 Å². The number of anilines is 1. The van der Waals surface area contributed by atoms with E-state index >= 15 is 0 Å². The van der Waals surface area contributed by atoms with Gasteiger partial charge in [0.05, 0.1) is 19.0 Å². The summed E-state index contributed by atoms with van der Waals surface area (Å²) in [5, 5.41) is 0. The monoisotopic (exact) mass is 492 g/mol. The molecule has 180 valence electrons. The summed E-state index contributed by atoms with van der Waals surface area (Å²) in [6.45, 7) is 2.21. The van der Waals surface area contributed by atoms with Gasteiger partial charge in [-0.05, 0) is 37.3 Å². The van der Waals surface area contributed by atoms with Crippen LogP contribution in [0.3, 0.4) is 0 Å². The Balaban J connectivity index is 1.85. The van der Waals surface area contributed by atoms with E-state index in [0.717, 1.165) is 12.1 Å². The Labute approximate surface area is 194 Å². The molecule has 0 saturated carbocycles. The van der Waals surface area contributed by atoms with Gasteiger partial charge >= 0.3 is 0 Å². The molecule has 1 aromatic heterocycles. The van der Waals surface area contributed by atoms with Crippen LogP contribution >= 0.6 is 0 Å². The van der Waals surface area contributed by atoms with Crippen LogP contribution in [0.15, 0.2) is 53.5 Å². The molecule has 1 aliphatic rings. The molecule has 0 atom stereocenters. The SMILES string of the molecule is CCS(=O)(=O)Nc1ccc(Oc2ccc(F)cc2F)c(-c2cn(C)c(=O)cc2OC2COC2)c1. The number of nitrogens with one attached hydrogen (secondary N) is 1. The zero-order valence-corrected chi connectivity index (χ0v) is 19.2. The largest absolute Gasteiger partial charge is 0.485 e. The lowest BCUT2D eigenvalue weighted by molar-refractivity contribution is -0.0795. The first kappa shape index (κ1) is 23.7. The number of hydrogen-bond donors (Lipinski definition) is 1. The number of hydrogen-bond acceptors (Lipinski definition) is 6. The highest BCUT2D eigenvalue weighted by molar-refractivity contribution is 7.92. The van der Waals surface area contributed by atoms with Crippen molar-refractivity contribution in [3.05, 3.63) is 70.6 Å². The third-order valence-electron chi connectivity index (χ3n) is 5.13. The minimum atomic E-state index is -3.59. The van der Waals surface area contributed by atoms with E-state index in [4.69, 9.17) is 14.2 Å². The van der Waals surface area contributed by atoms with Crippen molar-refractivity contribution in [3.63, 3.8) is 0 Å². The maximum Gasteiger partial charge on any atom is 0.254 e. The van der Waals surface area contributed by atoms with Crippen molar-refractivity contribution in [1.29, 1.82) is 0 Å².